The molecule has 2 bridgehead atoms. The number of piperidine rings is 1. The van der Waals surface area contributed by atoms with E-state index >= 15 is 0 Å². The van der Waals surface area contributed by atoms with Crippen LogP contribution in [0.5, 0.6) is 0 Å². The van der Waals surface area contributed by atoms with Gasteiger partial charge < -0.3 is 24.7 Å². The number of H-pyrrole nitrogens is 1. The Kier molecular flexibility index (Phi) is 6.27. The number of likely N-dealkylation sites (tertiary alicyclic amines) is 1. The van der Waals surface area contributed by atoms with Gasteiger partial charge in [-0.15, -0.1) is 0 Å². The molecule has 3 aliphatic rings. The van der Waals surface area contributed by atoms with Crippen LogP contribution >= 0.6 is 0 Å². The van der Waals surface area contributed by atoms with E-state index in [0.717, 1.165) is 49.1 Å². The number of carbonyl (C=O) groups is 2. The molecule has 1 amide bonds. The normalized spacial score (nSPS) is 23.3. The van der Waals surface area contributed by atoms with Crippen LogP contribution < -0.4 is 11.1 Å². The van der Waals surface area contributed by atoms with Gasteiger partial charge in [-0.2, -0.15) is 0 Å². The summed E-state index contributed by atoms with van der Waals surface area (Å²) in [7, 11) is 0. The zero-order valence-corrected chi connectivity index (χ0v) is 17.7. The molecule has 1 aliphatic carbocycles. The van der Waals surface area contributed by atoms with E-state index < -0.39 is 0 Å². The van der Waals surface area contributed by atoms with Crippen LogP contribution in [-0.4, -0.2) is 56.7 Å². The molecule has 1 saturated heterocycles. The van der Waals surface area contributed by atoms with Gasteiger partial charge in [0.1, 0.15) is 5.56 Å². The average molecular weight is 441 g/mol. The molecule has 3 N–H and O–H groups in total. The van der Waals surface area contributed by atoms with Gasteiger partial charge in [0.05, 0.1) is 12.6 Å². The molecule has 0 radical (unpaired) electrons. The number of amides is 1. The Bertz CT molecular complexity index is 1140. The molecule has 5 rings (SSSR count). The predicted octanol–water partition coefficient (Wildman–Crippen LogP) is 0.909. The standard InChI is InChI=1S/C22H25N3O4.CH2O2/c26-12-19-15-8-14(18-6-3-7-20(27)25(18)19)10-24(11-15)22(29)16-9-13-4-1-2-5-17(13)23-21(16)28;2-1-3/h3,6-7,9,14-15,19,26H,1-2,4-5,8,10-12H2,(H,23,28);1H,(H,2,3)/t14-,15+,19+;/m1./s1. The molecule has 0 unspecified atom stereocenters. The second-order valence-corrected chi connectivity index (χ2v) is 8.64. The number of nitrogens with one attached hydrogen (secondary N) is 1. The monoisotopic (exact) mass is 441 g/mol. The molecule has 3 atom stereocenters. The van der Waals surface area contributed by atoms with Gasteiger partial charge in [-0.3, -0.25) is 19.2 Å². The van der Waals surface area contributed by atoms with Gasteiger partial charge >= 0.3 is 0 Å². The molecular formula is C23H27N3O6. The van der Waals surface area contributed by atoms with E-state index in [1.54, 1.807) is 21.6 Å². The lowest BCUT2D eigenvalue weighted by atomic mass is 9.78. The molecule has 170 valence electrons. The van der Waals surface area contributed by atoms with Crippen molar-refractivity contribution < 1.29 is 19.8 Å². The molecule has 2 aliphatic heterocycles. The van der Waals surface area contributed by atoms with Crippen LogP contribution in [0.25, 0.3) is 0 Å². The van der Waals surface area contributed by atoms with E-state index in [4.69, 9.17) is 9.90 Å². The first kappa shape index (κ1) is 22.0. The van der Waals surface area contributed by atoms with Crippen molar-refractivity contribution in [2.75, 3.05) is 19.7 Å². The van der Waals surface area contributed by atoms with Crippen molar-refractivity contribution in [1.29, 1.82) is 0 Å². The number of rotatable bonds is 2. The zero-order valence-electron chi connectivity index (χ0n) is 17.7. The van der Waals surface area contributed by atoms with Crippen LogP contribution in [0.4, 0.5) is 0 Å². The quantitative estimate of drug-likeness (QED) is 0.594. The Morgan fingerprint density at radius 3 is 2.69 bits per heavy atom. The highest BCUT2D eigenvalue weighted by Crippen LogP contribution is 2.41. The Morgan fingerprint density at radius 2 is 1.94 bits per heavy atom. The Morgan fingerprint density at radius 1 is 1.19 bits per heavy atom. The fourth-order valence-electron chi connectivity index (χ4n) is 5.45. The summed E-state index contributed by atoms with van der Waals surface area (Å²) < 4.78 is 1.70. The maximum Gasteiger partial charge on any atom is 0.290 e. The molecule has 9 nitrogen and oxygen atoms in total. The van der Waals surface area contributed by atoms with Crippen molar-refractivity contribution in [1.82, 2.24) is 14.5 Å². The highest BCUT2D eigenvalue weighted by Gasteiger charge is 2.42. The molecule has 1 fully saturated rings. The predicted molar refractivity (Wildman–Crippen MR) is 116 cm³/mol. The molecular weight excluding hydrogens is 414 g/mol. The maximum absolute atomic E-state index is 13.3. The fraction of sp³-hybridized carbons (Fsp3) is 0.478. The van der Waals surface area contributed by atoms with Crippen molar-refractivity contribution in [3.8, 4) is 0 Å². The molecule has 0 spiro atoms. The molecule has 2 aromatic rings. The minimum absolute atomic E-state index is 0.00740. The number of carbonyl (C=O) groups excluding carboxylic acids is 1. The van der Waals surface area contributed by atoms with E-state index in [1.807, 2.05) is 6.07 Å². The number of nitrogens with zero attached hydrogens (tertiary/aromatic N) is 2. The van der Waals surface area contributed by atoms with Crippen molar-refractivity contribution in [3.05, 3.63) is 67.5 Å². The Balaban J connectivity index is 0.000000775. The molecule has 32 heavy (non-hydrogen) atoms. The van der Waals surface area contributed by atoms with Gasteiger partial charge in [0.2, 0.25) is 0 Å². The maximum atomic E-state index is 13.3. The Hall–Kier alpha value is -3.20. The third-order valence-electron chi connectivity index (χ3n) is 6.84. The van der Waals surface area contributed by atoms with Gasteiger partial charge in [-0.25, -0.2) is 0 Å². The van der Waals surface area contributed by atoms with Crippen LogP contribution in [0, 0.1) is 5.92 Å². The third kappa shape index (κ3) is 3.88. The number of hydrogen-bond acceptors (Lipinski definition) is 5. The highest BCUT2D eigenvalue weighted by molar-refractivity contribution is 5.94. The molecule has 9 heteroatoms. The second kappa shape index (κ2) is 9.12. The van der Waals surface area contributed by atoms with Crippen molar-refractivity contribution in [3.63, 3.8) is 0 Å². The molecule has 2 aromatic heterocycles. The minimum Gasteiger partial charge on any atom is -0.483 e. The number of aryl methyl sites for hydroxylation is 2. The number of fused-ring (bicyclic) bond motifs is 5. The van der Waals surface area contributed by atoms with Gasteiger partial charge in [0.25, 0.3) is 23.5 Å². The summed E-state index contributed by atoms with van der Waals surface area (Å²) in [6.45, 7) is 0.529. The van der Waals surface area contributed by atoms with Gasteiger partial charge in [-0.1, -0.05) is 6.07 Å². The minimum atomic E-state index is -0.340. The number of pyridine rings is 2. The third-order valence-corrected chi connectivity index (χ3v) is 6.84. The highest BCUT2D eigenvalue weighted by atomic mass is 16.3. The zero-order chi connectivity index (χ0) is 22.8. The summed E-state index contributed by atoms with van der Waals surface area (Å²) >= 11 is 0. The average Bonchev–Trinajstić information content (AvgIpc) is 2.79. The number of aliphatic hydroxyl groups excluding tert-OH is 1. The number of aromatic nitrogens is 2. The lowest BCUT2D eigenvalue weighted by Gasteiger charge is -2.46. The van der Waals surface area contributed by atoms with E-state index in [9.17, 15) is 19.5 Å². The van der Waals surface area contributed by atoms with Crippen molar-refractivity contribution in [2.45, 2.75) is 44.1 Å². The van der Waals surface area contributed by atoms with E-state index in [0.29, 0.717) is 13.1 Å². The summed E-state index contributed by atoms with van der Waals surface area (Å²) in [5.41, 5.74) is 2.67. The van der Waals surface area contributed by atoms with Crippen molar-refractivity contribution in [2.24, 2.45) is 5.92 Å². The summed E-state index contributed by atoms with van der Waals surface area (Å²) in [5.74, 6) is -0.226. The topological polar surface area (TPSA) is 133 Å². The van der Waals surface area contributed by atoms with Crippen LogP contribution in [0.2, 0.25) is 0 Å². The van der Waals surface area contributed by atoms with Crippen molar-refractivity contribution >= 4 is 12.4 Å². The Labute approximate surface area is 184 Å². The van der Waals surface area contributed by atoms with Gasteiger partial charge in [-0.05, 0) is 49.8 Å². The number of carboxylic acid groups (broad SMARTS) is 1. The van der Waals surface area contributed by atoms with Gasteiger partial charge in [0.15, 0.2) is 0 Å². The lowest BCUT2D eigenvalue weighted by Crippen LogP contribution is -2.52. The largest absolute Gasteiger partial charge is 0.483 e. The second-order valence-electron chi connectivity index (χ2n) is 8.64. The lowest BCUT2D eigenvalue weighted by molar-refractivity contribution is -0.122. The SMILES string of the molecule is O=C(c1cc2c([nH]c1=O)CCCC2)N1C[C@H]2C[C@@H](C1)[C@H](CO)n1c2cccc1=O.O=CO. The number of aromatic amines is 1. The summed E-state index contributed by atoms with van der Waals surface area (Å²) in [4.78, 5) is 51.3. The smallest absolute Gasteiger partial charge is 0.290 e. The van der Waals surface area contributed by atoms with Crippen LogP contribution in [0.15, 0.2) is 33.9 Å². The van der Waals surface area contributed by atoms with Crippen LogP contribution in [-0.2, 0) is 17.6 Å². The van der Waals surface area contributed by atoms with Gasteiger partial charge in [0, 0.05) is 42.4 Å². The summed E-state index contributed by atoms with van der Waals surface area (Å²) in [6.07, 6.45) is 4.72. The van der Waals surface area contributed by atoms with E-state index in [-0.39, 0.29) is 53.5 Å². The first-order valence-corrected chi connectivity index (χ1v) is 10.9. The van der Waals surface area contributed by atoms with E-state index in [2.05, 4.69) is 4.98 Å². The molecule has 4 heterocycles. The first-order chi connectivity index (χ1) is 15.5. The fourth-order valence-corrected chi connectivity index (χ4v) is 5.45. The summed E-state index contributed by atoms with van der Waals surface area (Å²) in [5, 5.41) is 16.9. The first-order valence-electron chi connectivity index (χ1n) is 10.9. The number of hydrogen-bond donors (Lipinski definition) is 3. The van der Waals surface area contributed by atoms with Crippen LogP contribution in [0.1, 0.15) is 58.5 Å². The number of aliphatic hydroxyl groups is 1. The van der Waals surface area contributed by atoms with Crippen LogP contribution in [0.3, 0.4) is 0 Å². The van der Waals surface area contributed by atoms with E-state index in [1.165, 1.54) is 6.07 Å². The molecule has 0 saturated carbocycles. The summed E-state index contributed by atoms with van der Waals surface area (Å²) in [6, 6.07) is 6.60. The molecule has 0 aromatic carbocycles.